The molecule has 2 N–H and O–H groups in total. The molecule has 1 aliphatic heterocycles. The quantitative estimate of drug-likeness (QED) is 0.804. The highest BCUT2D eigenvalue weighted by molar-refractivity contribution is 5.00. The molecule has 0 amide bonds. The minimum absolute atomic E-state index is 0.321. The van der Waals surface area contributed by atoms with Crippen LogP contribution in [0.2, 0.25) is 0 Å². The van der Waals surface area contributed by atoms with E-state index in [0.29, 0.717) is 11.0 Å². The monoisotopic (exact) mass is 294 g/mol. The van der Waals surface area contributed by atoms with Gasteiger partial charge in [0.2, 0.25) is 0 Å². The van der Waals surface area contributed by atoms with Crippen LogP contribution in [-0.2, 0) is 0 Å². The zero-order valence-electron chi connectivity index (χ0n) is 15.0. The summed E-state index contributed by atoms with van der Waals surface area (Å²) in [6, 6.07) is 0.790. The summed E-state index contributed by atoms with van der Waals surface area (Å²) in [5.41, 5.74) is 7.16. The molecule has 1 saturated carbocycles. The van der Waals surface area contributed by atoms with Crippen molar-refractivity contribution in [2.75, 3.05) is 13.1 Å². The molecule has 0 aromatic carbocycles. The van der Waals surface area contributed by atoms with Crippen molar-refractivity contribution >= 4 is 0 Å². The highest BCUT2D eigenvalue weighted by atomic mass is 15.2. The lowest BCUT2D eigenvalue weighted by atomic mass is 9.64. The van der Waals surface area contributed by atoms with Crippen molar-refractivity contribution < 1.29 is 0 Å². The second kappa shape index (κ2) is 7.00. The van der Waals surface area contributed by atoms with Gasteiger partial charge < -0.3 is 5.73 Å². The van der Waals surface area contributed by atoms with Gasteiger partial charge >= 0.3 is 0 Å². The Bertz CT molecular complexity index is 316. The van der Waals surface area contributed by atoms with Gasteiger partial charge in [0.25, 0.3) is 0 Å². The molecular weight excluding hydrogens is 256 g/mol. The van der Waals surface area contributed by atoms with Gasteiger partial charge in [0.05, 0.1) is 0 Å². The van der Waals surface area contributed by atoms with Crippen LogP contribution in [0.3, 0.4) is 0 Å². The number of hydrogen-bond donors (Lipinski definition) is 1. The van der Waals surface area contributed by atoms with E-state index in [1.54, 1.807) is 0 Å². The maximum absolute atomic E-state index is 6.33. The van der Waals surface area contributed by atoms with Crippen LogP contribution in [0, 0.1) is 11.3 Å². The molecule has 0 aromatic heterocycles. The van der Waals surface area contributed by atoms with Crippen molar-refractivity contribution in [2.24, 2.45) is 17.1 Å². The Labute approximate surface area is 132 Å². The molecule has 2 heteroatoms. The van der Waals surface area contributed by atoms with Crippen LogP contribution >= 0.6 is 0 Å². The Morgan fingerprint density at radius 3 is 2.29 bits per heavy atom. The Morgan fingerprint density at radius 2 is 1.76 bits per heavy atom. The maximum Gasteiger partial charge on any atom is 0.0334 e. The first-order valence-electron chi connectivity index (χ1n) is 9.46. The summed E-state index contributed by atoms with van der Waals surface area (Å²) in [6.45, 7) is 11.8. The molecule has 0 spiro atoms. The van der Waals surface area contributed by atoms with Gasteiger partial charge in [-0.15, -0.1) is 0 Å². The van der Waals surface area contributed by atoms with E-state index in [1.165, 1.54) is 64.3 Å². The lowest BCUT2D eigenvalue weighted by Gasteiger charge is -2.54. The predicted molar refractivity (Wildman–Crippen MR) is 92.5 cm³/mol. The third-order valence-corrected chi connectivity index (χ3v) is 7.02. The molecule has 2 rings (SSSR count). The van der Waals surface area contributed by atoms with E-state index < -0.39 is 0 Å². The molecular formula is C19H38N2. The van der Waals surface area contributed by atoms with Gasteiger partial charge in [-0.25, -0.2) is 0 Å². The molecule has 124 valence electrons. The third-order valence-electron chi connectivity index (χ3n) is 7.02. The molecule has 0 bridgehead atoms. The maximum atomic E-state index is 6.33. The second-order valence-corrected chi connectivity index (χ2v) is 8.30. The number of nitrogens with two attached hydrogens (primary N) is 1. The van der Waals surface area contributed by atoms with Crippen molar-refractivity contribution in [1.29, 1.82) is 0 Å². The van der Waals surface area contributed by atoms with E-state index >= 15 is 0 Å². The molecule has 1 aliphatic carbocycles. The number of rotatable bonds is 5. The Morgan fingerprint density at radius 1 is 1.10 bits per heavy atom. The summed E-state index contributed by atoms with van der Waals surface area (Å²) in [6.07, 6.45) is 12.2. The molecule has 0 aromatic rings. The topological polar surface area (TPSA) is 29.3 Å². The minimum atomic E-state index is 0.321. The first-order valence-corrected chi connectivity index (χ1v) is 9.46. The number of likely N-dealkylation sites (tertiary alicyclic amines) is 1. The zero-order chi connectivity index (χ0) is 15.5. The van der Waals surface area contributed by atoms with E-state index in [4.69, 9.17) is 5.73 Å². The van der Waals surface area contributed by atoms with E-state index in [2.05, 4.69) is 32.6 Å². The van der Waals surface area contributed by atoms with Gasteiger partial charge in [0.15, 0.2) is 0 Å². The normalized spacial score (nSPS) is 35.9. The fourth-order valence-electron chi connectivity index (χ4n) is 4.88. The number of hydrogen-bond acceptors (Lipinski definition) is 2. The molecule has 0 radical (unpaired) electrons. The van der Waals surface area contributed by atoms with Crippen molar-refractivity contribution in [3.8, 4) is 0 Å². The molecule has 1 unspecified atom stereocenters. The zero-order valence-corrected chi connectivity index (χ0v) is 15.0. The number of piperidine rings is 1. The number of nitrogens with zero attached hydrogens (tertiary/aromatic N) is 1. The van der Waals surface area contributed by atoms with E-state index in [1.807, 2.05) is 0 Å². The Balaban J connectivity index is 2.07. The van der Waals surface area contributed by atoms with Crippen LogP contribution in [0.4, 0.5) is 0 Å². The summed E-state index contributed by atoms with van der Waals surface area (Å²) in [7, 11) is 0. The SMILES string of the molecule is CCC1CCCCN1C1(CN)CCC(C(C)(C)CC)CC1. The lowest BCUT2D eigenvalue weighted by Crippen LogP contribution is -2.61. The van der Waals surface area contributed by atoms with Crippen molar-refractivity contribution in [3.05, 3.63) is 0 Å². The van der Waals surface area contributed by atoms with Gasteiger partial charge in [-0.05, 0) is 62.8 Å². The molecule has 2 aliphatic rings. The van der Waals surface area contributed by atoms with Gasteiger partial charge in [0.1, 0.15) is 0 Å². The highest BCUT2D eigenvalue weighted by Gasteiger charge is 2.44. The van der Waals surface area contributed by atoms with Gasteiger partial charge in [0, 0.05) is 18.1 Å². The molecule has 1 saturated heterocycles. The molecule has 21 heavy (non-hydrogen) atoms. The average molecular weight is 295 g/mol. The summed E-state index contributed by atoms with van der Waals surface area (Å²) in [5.74, 6) is 0.895. The predicted octanol–water partition coefficient (Wildman–Crippen LogP) is 4.57. The summed E-state index contributed by atoms with van der Waals surface area (Å²) in [5, 5.41) is 0. The van der Waals surface area contributed by atoms with Gasteiger partial charge in [-0.1, -0.05) is 40.5 Å². The van der Waals surface area contributed by atoms with Crippen LogP contribution in [-0.4, -0.2) is 29.6 Å². The molecule has 1 atom stereocenters. The second-order valence-electron chi connectivity index (χ2n) is 8.30. The van der Waals surface area contributed by atoms with Crippen LogP contribution < -0.4 is 5.73 Å². The molecule has 2 fully saturated rings. The van der Waals surface area contributed by atoms with E-state index in [-0.39, 0.29) is 0 Å². The summed E-state index contributed by atoms with van der Waals surface area (Å²) >= 11 is 0. The van der Waals surface area contributed by atoms with E-state index in [0.717, 1.165) is 18.5 Å². The van der Waals surface area contributed by atoms with Gasteiger partial charge in [-0.2, -0.15) is 0 Å². The summed E-state index contributed by atoms with van der Waals surface area (Å²) in [4.78, 5) is 2.84. The third kappa shape index (κ3) is 3.47. The van der Waals surface area contributed by atoms with Crippen molar-refractivity contribution in [2.45, 2.75) is 97.1 Å². The van der Waals surface area contributed by atoms with Gasteiger partial charge in [-0.3, -0.25) is 4.90 Å². The molecule has 1 heterocycles. The van der Waals surface area contributed by atoms with Crippen molar-refractivity contribution in [1.82, 2.24) is 4.90 Å². The largest absolute Gasteiger partial charge is 0.329 e. The van der Waals surface area contributed by atoms with Crippen LogP contribution in [0.1, 0.15) is 85.5 Å². The minimum Gasteiger partial charge on any atom is -0.329 e. The van der Waals surface area contributed by atoms with E-state index in [9.17, 15) is 0 Å². The first-order chi connectivity index (χ1) is 9.99. The summed E-state index contributed by atoms with van der Waals surface area (Å²) < 4.78 is 0. The Kier molecular flexibility index (Phi) is 5.76. The van der Waals surface area contributed by atoms with Crippen LogP contribution in [0.25, 0.3) is 0 Å². The fraction of sp³-hybridized carbons (Fsp3) is 1.00. The smallest absolute Gasteiger partial charge is 0.0334 e. The standard InChI is InChI=1S/C19H38N2/c1-5-17-9-7-8-14-21(17)19(15-20)12-10-16(11-13-19)18(3,4)6-2/h16-17H,5-15,20H2,1-4H3. The van der Waals surface area contributed by atoms with Crippen LogP contribution in [0.5, 0.6) is 0 Å². The average Bonchev–Trinajstić information content (AvgIpc) is 2.54. The van der Waals surface area contributed by atoms with Crippen molar-refractivity contribution in [3.63, 3.8) is 0 Å². The lowest BCUT2D eigenvalue weighted by molar-refractivity contribution is -0.0270. The Hall–Kier alpha value is -0.0800. The first kappa shape index (κ1) is 17.3. The highest BCUT2D eigenvalue weighted by Crippen LogP contribution is 2.46. The van der Waals surface area contributed by atoms with Crippen LogP contribution in [0.15, 0.2) is 0 Å². The molecule has 2 nitrogen and oxygen atoms in total. The fourth-order valence-corrected chi connectivity index (χ4v) is 4.88.